The Hall–Kier alpha value is -2.85. The van der Waals surface area contributed by atoms with Gasteiger partial charge in [-0.15, -0.1) is 0 Å². The number of benzene rings is 2. The van der Waals surface area contributed by atoms with Crippen molar-refractivity contribution in [2.24, 2.45) is 0 Å². The van der Waals surface area contributed by atoms with E-state index in [1.165, 1.54) is 4.68 Å². The molecule has 2 aromatic carbocycles. The Morgan fingerprint density at radius 2 is 1.78 bits per heavy atom. The standard InChI is InChI=1S/C18H12ClN3O/c19-13-6-4-5-12(11-13)16-10-9-15-17(20-16)21-22(18(15)23)14-7-2-1-3-8-14/h1-11H,(H,20,21). The average molecular weight is 322 g/mol. The van der Waals surface area contributed by atoms with Crippen LogP contribution in [0.15, 0.2) is 71.5 Å². The molecule has 0 atom stereocenters. The Bertz CT molecular complexity index is 1050. The van der Waals surface area contributed by atoms with Crippen LogP contribution in [0.1, 0.15) is 0 Å². The first-order valence-electron chi connectivity index (χ1n) is 7.15. The second-order valence-electron chi connectivity index (χ2n) is 5.19. The number of nitrogens with one attached hydrogen (secondary N) is 1. The van der Waals surface area contributed by atoms with E-state index in [-0.39, 0.29) is 5.56 Å². The summed E-state index contributed by atoms with van der Waals surface area (Å²) in [6.45, 7) is 0. The Balaban J connectivity index is 1.89. The minimum absolute atomic E-state index is 0.114. The van der Waals surface area contributed by atoms with Crippen molar-refractivity contribution < 1.29 is 0 Å². The predicted octanol–water partition coefficient (Wildman–Crippen LogP) is 4.03. The Labute approximate surface area is 137 Å². The molecular weight excluding hydrogens is 310 g/mol. The van der Waals surface area contributed by atoms with E-state index in [0.29, 0.717) is 16.1 Å². The molecule has 4 nitrogen and oxygen atoms in total. The van der Waals surface area contributed by atoms with Gasteiger partial charge in [0, 0.05) is 10.6 Å². The highest BCUT2D eigenvalue weighted by Crippen LogP contribution is 2.22. The summed E-state index contributed by atoms with van der Waals surface area (Å²) in [5.41, 5.74) is 2.89. The van der Waals surface area contributed by atoms with Crippen LogP contribution < -0.4 is 5.56 Å². The van der Waals surface area contributed by atoms with Crippen LogP contribution in [0, 0.1) is 0 Å². The smallest absolute Gasteiger partial charge is 0.274 e. The first-order valence-corrected chi connectivity index (χ1v) is 7.53. The van der Waals surface area contributed by atoms with Crippen molar-refractivity contribution in [2.75, 3.05) is 0 Å². The molecule has 23 heavy (non-hydrogen) atoms. The zero-order chi connectivity index (χ0) is 15.8. The van der Waals surface area contributed by atoms with Crippen LogP contribution in [0.5, 0.6) is 0 Å². The van der Waals surface area contributed by atoms with Crippen molar-refractivity contribution in [1.82, 2.24) is 14.8 Å². The normalized spacial score (nSPS) is 11.0. The highest BCUT2D eigenvalue weighted by Gasteiger charge is 2.10. The van der Waals surface area contributed by atoms with Crippen molar-refractivity contribution >= 4 is 22.6 Å². The molecule has 1 N–H and O–H groups in total. The Kier molecular flexibility index (Phi) is 3.24. The summed E-state index contributed by atoms with van der Waals surface area (Å²) < 4.78 is 1.50. The molecule has 0 aliphatic carbocycles. The molecule has 0 saturated carbocycles. The van der Waals surface area contributed by atoms with Gasteiger partial charge in [0.1, 0.15) is 0 Å². The molecule has 0 fully saturated rings. The molecular formula is C18H12ClN3O. The number of halogens is 1. The van der Waals surface area contributed by atoms with Gasteiger partial charge in [0.2, 0.25) is 0 Å². The molecule has 4 aromatic rings. The van der Waals surface area contributed by atoms with Crippen LogP contribution in [0.2, 0.25) is 5.02 Å². The van der Waals surface area contributed by atoms with E-state index in [0.717, 1.165) is 16.9 Å². The maximum atomic E-state index is 12.5. The van der Waals surface area contributed by atoms with Gasteiger partial charge < -0.3 is 0 Å². The van der Waals surface area contributed by atoms with Gasteiger partial charge in [-0.05, 0) is 36.4 Å². The first kappa shape index (κ1) is 13.8. The third-order valence-corrected chi connectivity index (χ3v) is 3.92. The largest absolute Gasteiger partial charge is 0.280 e. The minimum Gasteiger partial charge on any atom is -0.274 e. The molecule has 0 saturated heterocycles. The van der Waals surface area contributed by atoms with Crippen molar-refractivity contribution in [3.8, 4) is 16.9 Å². The fraction of sp³-hybridized carbons (Fsp3) is 0. The third-order valence-electron chi connectivity index (χ3n) is 3.68. The zero-order valence-corrected chi connectivity index (χ0v) is 12.8. The molecule has 0 unspecified atom stereocenters. The summed E-state index contributed by atoms with van der Waals surface area (Å²) in [4.78, 5) is 17.1. The van der Waals surface area contributed by atoms with Crippen LogP contribution in [-0.4, -0.2) is 14.8 Å². The number of aromatic nitrogens is 3. The molecule has 0 radical (unpaired) electrons. The topological polar surface area (TPSA) is 50.7 Å². The van der Waals surface area contributed by atoms with E-state index in [9.17, 15) is 4.79 Å². The van der Waals surface area contributed by atoms with Crippen LogP contribution in [0.25, 0.3) is 28.0 Å². The lowest BCUT2D eigenvalue weighted by Crippen LogP contribution is -2.13. The fourth-order valence-corrected chi connectivity index (χ4v) is 2.75. The van der Waals surface area contributed by atoms with Gasteiger partial charge in [-0.1, -0.05) is 41.9 Å². The minimum atomic E-state index is -0.114. The summed E-state index contributed by atoms with van der Waals surface area (Å²) in [5, 5.41) is 4.27. The van der Waals surface area contributed by atoms with E-state index in [1.54, 1.807) is 6.07 Å². The number of nitrogens with zero attached hydrogens (tertiary/aromatic N) is 2. The third kappa shape index (κ3) is 2.43. The lowest BCUT2D eigenvalue weighted by molar-refractivity contribution is 0.859. The number of rotatable bonds is 2. The molecule has 0 bridgehead atoms. The molecule has 0 aliphatic heterocycles. The maximum absolute atomic E-state index is 12.5. The highest BCUT2D eigenvalue weighted by molar-refractivity contribution is 6.30. The number of hydrogen-bond acceptors (Lipinski definition) is 2. The number of pyridine rings is 1. The van der Waals surface area contributed by atoms with Gasteiger partial charge >= 0.3 is 0 Å². The van der Waals surface area contributed by atoms with E-state index in [2.05, 4.69) is 10.1 Å². The summed E-state index contributed by atoms with van der Waals surface area (Å²) in [6.07, 6.45) is 0. The van der Waals surface area contributed by atoms with Crippen molar-refractivity contribution in [3.63, 3.8) is 0 Å². The van der Waals surface area contributed by atoms with E-state index in [1.807, 2.05) is 60.7 Å². The monoisotopic (exact) mass is 321 g/mol. The Morgan fingerprint density at radius 1 is 0.957 bits per heavy atom. The average Bonchev–Trinajstić information content (AvgIpc) is 2.92. The van der Waals surface area contributed by atoms with Crippen LogP contribution in [-0.2, 0) is 0 Å². The van der Waals surface area contributed by atoms with Gasteiger partial charge in [0.15, 0.2) is 5.65 Å². The summed E-state index contributed by atoms with van der Waals surface area (Å²) in [7, 11) is 0. The molecule has 0 aliphatic rings. The van der Waals surface area contributed by atoms with Crippen molar-refractivity contribution in [2.45, 2.75) is 0 Å². The molecule has 0 spiro atoms. The Morgan fingerprint density at radius 3 is 2.57 bits per heavy atom. The zero-order valence-electron chi connectivity index (χ0n) is 12.0. The van der Waals surface area contributed by atoms with Crippen molar-refractivity contribution in [3.05, 3.63) is 82.1 Å². The molecule has 5 heteroatoms. The molecule has 2 heterocycles. The highest BCUT2D eigenvalue weighted by atomic mass is 35.5. The van der Waals surface area contributed by atoms with Gasteiger partial charge in [0.25, 0.3) is 5.56 Å². The van der Waals surface area contributed by atoms with Crippen LogP contribution in [0.3, 0.4) is 0 Å². The molecule has 2 aromatic heterocycles. The SMILES string of the molecule is O=c1c2ccc(-c3cccc(Cl)c3)nc2[nH]n1-c1ccccc1. The predicted molar refractivity (Wildman–Crippen MR) is 92.1 cm³/mol. The molecule has 0 amide bonds. The quantitative estimate of drug-likeness (QED) is 0.606. The van der Waals surface area contributed by atoms with Gasteiger partial charge in [-0.25, -0.2) is 9.67 Å². The number of H-pyrrole nitrogens is 1. The lowest BCUT2D eigenvalue weighted by Gasteiger charge is -2.01. The maximum Gasteiger partial charge on any atom is 0.280 e. The van der Waals surface area contributed by atoms with Crippen LogP contribution in [0.4, 0.5) is 0 Å². The summed E-state index contributed by atoms with van der Waals surface area (Å²) in [6, 6.07) is 20.5. The summed E-state index contributed by atoms with van der Waals surface area (Å²) >= 11 is 6.03. The van der Waals surface area contributed by atoms with Crippen molar-refractivity contribution in [1.29, 1.82) is 0 Å². The van der Waals surface area contributed by atoms with Crippen LogP contribution >= 0.6 is 11.6 Å². The second kappa shape index (κ2) is 5.41. The summed E-state index contributed by atoms with van der Waals surface area (Å²) in [5.74, 6) is 0. The van der Waals surface area contributed by atoms with Gasteiger partial charge in [-0.2, -0.15) is 0 Å². The number of fused-ring (bicyclic) bond motifs is 1. The molecule has 112 valence electrons. The lowest BCUT2D eigenvalue weighted by atomic mass is 10.1. The number of hydrogen-bond donors (Lipinski definition) is 1. The van der Waals surface area contributed by atoms with E-state index >= 15 is 0 Å². The second-order valence-corrected chi connectivity index (χ2v) is 5.63. The first-order chi connectivity index (χ1) is 11.2. The van der Waals surface area contributed by atoms with Gasteiger partial charge in [0.05, 0.1) is 16.8 Å². The number of para-hydroxylation sites is 1. The molecule has 4 rings (SSSR count). The van der Waals surface area contributed by atoms with E-state index < -0.39 is 0 Å². The van der Waals surface area contributed by atoms with E-state index in [4.69, 9.17) is 11.6 Å². The number of aromatic amines is 1. The fourth-order valence-electron chi connectivity index (χ4n) is 2.56. The van der Waals surface area contributed by atoms with Gasteiger partial charge in [-0.3, -0.25) is 9.89 Å².